The van der Waals surface area contributed by atoms with Gasteiger partial charge in [0.25, 0.3) is 0 Å². The second kappa shape index (κ2) is 5.49. The first-order valence-electron chi connectivity index (χ1n) is 6.57. The molecule has 1 amide bonds. The van der Waals surface area contributed by atoms with Crippen LogP contribution in [-0.2, 0) is 16.1 Å². The van der Waals surface area contributed by atoms with Gasteiger partial charge in [-0.1, -0.05) is 0 Å². The van der Waals surface area contributed by atoms with E-state index in [4.69, 9.17) is 9.84 Å². The number of fused-ring (bicyclic) bond motifs is 1. The van der Waals surface area contributed by atoms with Gasteiger partial charge < -0.3 is 14.7 Å². The van der Waals surface area contributed by atoms with E-state index in [2.05, 4.69) is 10.2 Å². The molecule has 0 radical (unpaired) electrons. The molecule has 3 rings (SSSR count). The summed E-state index contributed by atoms with van der Waals surface area (Å²) in [6.45, 7) is 2.27. The number of carboxylic acids is 1. The summed E-state index contributed by atoms with van der Waals surface area (Å²) in [6.07, 6.45) is 0. The topological polar surface area (TPSA) is 97.5 Å². The molecule has 2 heterocycles. The van der Waals surface area contributed by atoms with Crippen LogP contribution in [0.5, 0.6) is 0 Å². The first-order valence-corrected chi connectivity index (χ1v) is 6.57. The number of hydrogen-bond donors (Lipinski definition) is 1. The second-order valence-corrected chi connectivity index (χ2v) is 4.73. The zero-order valence-corrected chi connectivity index (χ0v) is 11.2. The van der Waals surface area contributed by atoms with Crippen molar-refractivity contribution >= 4 is 22.9 Å². The third kappa shape index (κ3) is 2.84. The zero-order chi connectivity index (χ0) is 14.8. The normalized spacial score (nSPS) is 15.3. The number of benzene rings is 1. The predicted molar refractivity (Wildman–Crippen MR) is 71.9 cm³/mol. The van der Waals surface area contributed by atoms with Crippen molar-refractivity contribution in [2.24, 2.45) is 0 Å². The Labute approximate surface area is 119 Å². The molecule has 0 atom stereocenters. The highest BCUT2D eigenvalue weighted by molar-refractivity contribution is 5.92. The number of carbonyl (C=O) groups excluding carboxylic acids is 1. The van der Waals surface area contributed by atoms with Crippen LogP contribution in [0.3, 0.4) is 0 Å². The third-order valence-electron chi connectivity index (χ3n) is 3.31. The van der Waals surface area contributed by atoms with Crippen molar-refractivity contribution in [3.8, 4) is 0 Å². The van der Waals surface area contributed by atoms with Crippen LogP contribution in [0.4, 0.5) is 0 Å². The van der Waals surface area contributed by atoms with Crippen LogP contribution < -0.4 is 0 Å². The molecule has 8 nitrogen and oxygen atoms in total. The zero-order valence-electron chi connectivity index (χ0n) is 11.2. The number of amides is 1. The molecule has 0 bridgehead atoms. The molecule has 0 aliphatic carbocycles. The van der Waals surface area contributed by atoms with Gasteiger partial charge in [-0.25, -0.2) is 4.79 Å². The average molecular weight is 290 g/mol. The first-order chi connectivity index (χ1) is 10.1. The lowest BCUT2D eigenvalue weighted by atomic mass is 10.2. The number of ether oxygens (including phenoxy) is 1. The van der Waals surface area contributed by atoms with E-state index in [-0.39, 0.29) is 18.0 Å². The van der Waals surface area contributed by atoms with E-state index in [0.29, 0.717) is 37.3 Å². The molecule has 1 aromatic heterocycles. The predicted octanol–water partition coefficient (Wildman–Crippen LogP) is -0.0117. The fraction of sp³-hybridized carbons (Fsp3) is 0.385. The van der Waals surface area contributed by atoms with Gasteiger partial charge in [-0.3, -0.25) is 4.79 Å². The number of aromatic carboxylic acids is 1. The largest absolute Gasteiger partial charge is 0.478 e. The SMILES string of the molecule is O=C(O)c1ccc2nn(CC(=O)N3CCOCC3)nc2c1. The maximum atomic E-state index is 12.1. The van der Waals surface area contributed by atoms with E-state index < -0.39 is 5.97 Å². The Morgan fingerprint density at radius 1 is 1.19 bits per heavy atom. The lowest BCUT2D eigenvalue weighted by Gasteiger charge is -2.26. The first kappa shape index (κ1) is 13.5. The van der Waals surface area contributed by atoms with E-state index >= 15 is 0 Å². The van der Waals surface area contributed by atoms with E-state index in [0.717, 1.165) is 0 Å². The van der Waals surface area contributed by atoms with E-state index in [1.165, 1.54) is 16.9 Å². The Hall–Kier alpha value is -2.48. The molecule has 1 saturated heterocycles. The van der Waals surface area contributed by atoms with E-state index in [1.807, 2.05) is 0 Å². The van der Waals surface area contributed by atoms with E-state index in [9.17, 15) is 9.59 Å². The quantitative estimate of drug-likeness (QED) is 0.853. The number of morpholine rings is 1. The smallest absolute Gasteiger partial charge is 0.335 e. The second-order valence-electron chi connectivity index (χ2n) is 4.73. The van der Waals surface area contributed by atoms with Crippen molar-refractivity contribution in [3.05, 3.63) is 23.8 Å². The van der Waals surface area contributed by atoms with Crippen molar-refractivity contribution in [1.82, 2.24) is 19.9 Å². The van der Waals surface area contributed by atoms with Gasteiger partial charge in [0, 0.05) is 13.1 Å². The molecular formula is C13H14N4O4. The maximum Gasteiger partial charge on any atom is 0.335 e. The summed E-state index contributed by atoms with van der Waals surface area (Å²) in [5.41, 5.74) is 1.17. The lowest BCUT2D eigenvalue weighted by molar-refractivity contribution is -0.136. The molecule has 1 N–H and O–H groups in total. The summed E-state index contributed by atoms with van der Waals surface area (Å²) in [5, 5.41) is 17.3. The van der Waals surface area contributed by atoms with Crippen LogP contribution in [0, 0.1) is 0 Å². The van der Waals surface area contributed by atoms with Crippen LogP contribution >= 0.6 is 0 Å². The Morgan fingerprint density at radius 2 is 1.90 bits per heavy atom. The Balaban J connectivity index is 1.77. The fourth-order valence-electron chi connectivity index (χ4n) is 2.20. The molecule has 21 heavy (non-hydrogen) atoms. The number of carbonyl (C=O) groups is 2. The minimum atomic E-state index is -1.02. The molecule has 1 fully saturated rings. The monoisotopic (exact) mass is 290 g/mol. The highest BCUT2D eigenvalue weighted by Gasteiger charge is 2.18. The highest BCUT2D eigenvalue weighted by Crippen LogP contribution is 2.12. The van der Waals surface area contributed by atoms with Gasteiger partial charge in [-0.2, -0.15) is 15.0 Å². The summed E-state index contributed by atoms with van der Waals surface area (Å²) in [4.78, 5) is 26.0. The van der Waals surface area contributed by atoms with Crippen LogP contribution in [0.1, 0.15) is 10.4 Å². The molecule has 2 aromatic rings. The fourth-order valence-corrected chi connectivity index (χ4v) is 2.20. The highest BCUT2D eigenvalue weighted by atomic mass is 16.5. The molecule has 0 unspecified atom stereocenters. The Kier molecular flexibility index (Phi) is 3.53. The lowest BCUT2D eigenvalue weighted by Crippen LogP contribution is -2.42. The van der Waals surface area contributed by atoms with E-state index in [1.54, 1.807) is 11.0 Å². The average Bonchev–Trinajstić information content (AvgIpc) is 2.89. The summed E-state index contributed by atoms with van der Waals surface area (Å²) in [7, 11) is 0. The maximum absolute atomic E-state index is 12.1. The number of rotatable bonds is 3. The van der Waals surface area contributed by atoms with Gasteiger partial charge in [0.05, 0.1) is 18.8 Å². The molecule has 110 valence electrons. The molecule has 1 aromatic carbocycles. The molecule has 1 aliphatic heterocycles. The van der Waals surface area contributed by atoms with Crippen LogP contribution in [0.25, 0.3) is 11.0 Å². The number of nitrogens with zero attached hydrogens (tertiary/aromatic N) is 4. The van der Waals surface area contributed by atoms with Crippen LogP contribution in [0.2, 0.25) is 0 Å². The molecule has 0 saturated carbocycles. The minimum absolute atomic E-state index is 0.0388. The summed E-state index contributed by atoms with van der Waals surface area (Å²) >= 11 is 0. The van der Waals surface area contributed by atoms with Crippen molar-refractivity contribution < 1.29 is 19.4 Å². The van der Waals surface area contributed by atoms with Gasteiger partial charge in [0.1, 0.15) is 17.6 Å². The molecule has 8 heteroatoms. The Bertz CT molecular complexity index is 691. The third-order valence-corrected chi connectivity index (χ3v) is 3.31. The molecule has 0 spiro atoms. The standard InChI is InChI=1S/C13H14N4O4/c18-12(16-3-5-21-6-4-16)8-17-14-10-2-1-9(13(19)20)7-11(10)15-17/h1-2,7H,3-6,8H2,(H,19,20). The molecule has 1 aliphatic rings. The number of aromatic nitrogens is 3. The van der Waals surface area contributed by atoms with Gasteiger partial charge in [0.2, 0.25) is 5.91 Å². The van der Waals surface area contributed by atoms with Gasteiger partial charge in [-0.05, 0) is 18.2 Å². The number of hydrogen-bond acceptors (Lipinski definition) is 5. The van der Waals surface area contributed by atoms with Gasteiger partial charge in [-0.15, -0.1) is 0 Å². The van der Waals surface area contributed by atoms with Crippen molar-refractivity contribution in [2.75, 3.05) is 26.3 Å². The van der Waals surface area contributed by atoms with Crippen LogP contribution in [0.15, 0.2) is 18.2 Å². The van der Waals surface area contributed by atoms with Crippen molar-refractivity contribution in [1.29, 1.82) is 0 Å². The van der Waals surface area contributed by atoms with Gasteiger partial charge >= 0.3 is 5.97 Å². The van der Waals surface area contributed by atoms with Crippen LogP contribution in [-0.4, -0.2) is 63.2 Å². The van der Waals surface area contributed by atoms with Crippen molar-refractivity contribution in [3.63, 3.8) is 0 Å². The summed E-state index contributed by atoms with van der Waals surface area (Å²) in [6, 6.07) is 4.50. The van der Waals surface area contributed by atoms with Gasteiger partial charge in [0.15, 0.2) is 0 Å². The summed E-state index contributed by atoms with van der Waals surface area (Å²) in [5.74, 6) is -1.09. The minimum Gasteiger partial charge on any atom is -0.478 e. The number of carboxylic acid groups (broad SMARTS) is 1. The Morgan fingerprint density at radius 3 is 2.62 bits per heavy atom. The molecular weight excluding hydrogens is 276 g/mol. The van der Waals surface area contributed by atoms with Crippen molar-refractivity contribution in [2.45, 2.75) is 6.54 Å². The summed E-state index contributed by atoms with van der Waals surface area (Å²) < 4.78 is 5.20.